The zero-order valence-electron chi connectivity index (χ0n) is 12.3. The van der Waals surface area contributed by atoms with Crippen LogP contribution in [0.4, 0.5) is 0 Å². The predicted molar refractivity (Wildman–Crippen MR) is 84.8 cm³/mol. The number of benzene rings is 1. The quantitative estimate of drug-likeness (QED) is 0.728. The summed E-state index contributed by atoms with van der Waals surface area (Å²) >= 11 is 5.47. The molecule has 4 nitrogen and oxygen atoms in total. The average Bonchev–Trinajstić information content (AvgIpc) is 3.02. The minimum absolute atomic E-state index is 0.0604. The summed E-state index contributed by atoms with van der Waals surface area (Å²) in [5, 5.41) is 4.05. The Morgan fingerprint density at radius 2 is 1.95 bits per heavy atom. The van der Waals surface area contributed by atoms with Gasteiger partial charge in [0.2, 0.25) is 0 Å². The van der Waals surface area contributed by atoms with E-state index in [1.807, 2.05) is 38.2 Å². The number of imidazole rings is 1. The first-order valence-electron chi connectivity index (χ1n) is 6.87. The zero-order chi connectivity index (χ0) is 15.0. The summed E-state index contributed by atoms with van der Waals surface area (Å²) in [7, 11) is 0. The van der Waals surface area contributed by atoms with E-state index >= 15 is 0 Å². The highest BCUT2D eigenvalue weighted by Crippen LogP contribution is 2.30. The molecule has 1 atom stereocenters. The van der Waals surface area contributed by atoms with Gasteiger partial charge < -0.3 is 14.1 Å². The minimum atomic E-state index is 0.0604. The first-order valence-corrected chi connectivity index (χ1v) is 7.28. The van der Waals surface area contributed by atoms with Gasteiger partial charge in [0.1, 0.15) is 5.76 Å². The van der Waals surface area contributed by atoms with Gasteiger partial charge in [0.05, 0.1) is 17.4 Å². The number of aryl methyl sites for hydroxylation is 2. The van der Waals surface area contributed by atoms with Gasteiger partial charge in [0.15, 0.2) is 4.77 Å². The summed E-state index contributed by atoms with van der Waals surface area (Å²) in [6, 6.07) is 10.3. The molecule has 0 aliphatic carbocycles. The second-order valence-electron chi connectivity index (χ2n) is 5.13. The Balaban J connectivity index is 2.16. The van der Waals surface area contributed by atoms with E-state index in [4.69, 9.17) is 16.7 Å². The van der Waals surface area contributed by atoms with Crippen LogP contribution in [0.25, 0.3) is 11.3 Å². The molecule has 0 aliphatic heterocycles. The Kier molecular flexibility index (Phi) is 3.51. The largest absolute Gasteiger partial charge is 0.361 e. The van der Waals surface area contributed by atoms with Crippen molar-refractivity contribution in [1.82, 2.24) is 14.7 Å². The van der Waals surface area contributed by atoms with Crippen LogP contribution in [0, 0.1) is 18.6 Å². The molecule has 108 valence electrons. The van der Waals surface area contributed by atoms with E-state index in [9.17, 15) is 0 Å². The minimum Gasteiger partial charge on any atom is -0.361 e. The molecule has 0 saturated carbocycles. The predicted octanol–water partition coefficient (Wildman–Crippen LogP) is 4.43. The molecule has 3 aromatic rings. The molecule has 2 heterocycles. The van der Waals surface area contributed by atoms with E-state index < -0.39 is 0 Å². The maximum Gasteiger partial charge on any atom is 0.178 e. The van der Waals surface area contributed by atoms with Crippen LogP contribution in [0.1, 0.15) is 30.0 Å². The van der Waals surface area contributed by atoms with Gasteiger partial charge in [-0.25, -0.2) is 0 Å². The summed E-state index contributed by atoms with van der Waals surface area (Å²) in [6.45, 7) is 6.01. The summed E-state index contributed by atoms with van der Waals surface area (Å²) in [5.74, 6) is 0.835. The lowest BCUT2D eigenvalue weighted by molar-refractivity contribution is 0.391. The number of aromatic nitrogens is 3. The number of hydrogen-bond acceptors (Lipinski definition) is 3. The van der Waals surface area contributed by atoms with Crippen molar-refractivity contribution in [2.45, 2.75) is 26.8 Å². The van der Waals surface area contributed by atoms with Crippen molar-refractivity contribution in [3.8, 4) is 11.3 Å². The first-order chi connectivity index (χ1) is 10.1. The van der Waals surface area contributed by atoms with E-state index in [1.54, 1.807) is 0 Å². The lowest BCUT2D eigenvalue weighted by Crippen LogP contribution is -2.10. The Morgan fingerprint density at radius 3 is 2.57 bits per heavy atom. The van der Waals surface area contributed by atoms with Crippen molar-refractivity contribution >= 4 is 12.2 Å². The molecule has 0 amide bonds. The van der Waals surface area contributed by atoms with Gasteiger partial charge in [-0.15, -0.1) is 0 Å². The molecule has 21 heavy (non-hydrogen) atoms. The topological polar surface area (TPSA) is 46.8 Å². The highest BCUT2D eigenvalue weighted by atomic mass is 32.1. The van der Waals surface area contributed by atoms with Gasteiger partial charge >= 0.3 is 0 Å². The van der Waals surface area contributed by atoms with Crippen LogP contribution in [0.2, 0.25) is 0 Å². The maximum atomic E-state index is 5.47. The van der Waals surface area contributed by atoms with E-state index in [-0.39, 0.29) is 6.04 Å². The van der Waals surface area contributed by atoms with E-state index in [0.29, 0.717) is 4.77 Å². The smallest absolute Gasteiger partial charge is 0.178 e. The van der Waals surface area contributed by atoms with E-state index in [2.05, 4.69) is 33.8 Å². The van der Waals surface area contributed by atoms with E-state index in [1.165, 1.54) is 0 Å². The van der Waals surface area contributed by atoms with Gasteiger partial charge in [-0.2, -0.15) is 0 Å². The lowest BCUT2D eigenvalue weighted by Gasteiger charge is -2.17. The van der Waals surface area contributed by atoms with Gasteiger partial charge in [-0.1, -0.05) is 35.5 Å². The van der Waals surface area contributed by atoms with Gasteiger partial charge in [-0.05, 0) is 38.6 Å². The third-order valence-electron chi connectivity index (χ3n) is 3.77. The standard InChI is InChI=1S/C16H17N3OS/c1-10-15(12(3)20-18-10)11(2)19-14(9-17-16(19)21)13-7-5-4-6-8-13/h4-9,11H,1-3H3,(H,17,21). The van der Waals surface area contributed by atoms with Crippen molar-refractivity contribution in [2.75, 3.05) is 0 Å². The summed E-state index contributed by atoms with van der Waals surface area (Å²) < 4.78 is 8.10. The molecule has 5 heteroatoms. The molecule has 1 aromatic carbocycles. The van der Waals surface area contributed by atoms with Crippen LogP contribution in [0.3, 0.4) is 0 Å². The maximum absolute atomic E-state index is 5.47. The fraction of sp³-hybridized carbons (Fsp3) is 0.250. The number of rotatable bonds is 3. The van der Waals surface area contributed by atoms with Gasteiger partial charge in [-0.3, -0.25) is 0 Å². The number of nitrogens with zero attached hydrogens (tertiary/aromatic N) is 2. The molecule has 0 radical (unpaired) electrons. The zero-order valence-corrected chi connectivity index (χ0v) is 13.1. The summed E-state index contributed by atoms with van der Waals surface area (Å²) in [6.07, 6.45) is 1.95. The average molecular weight is 299 g/mol. The molecule has 0 spiro atoms. The van der Waals surface area contributed by atoms with Crippen LogP contribution < -0.4 is 0 Å². The SMILES string of the molecule is Cc1noc(C)c1C(C)n1c(-c2ccccc2)c[nH]c1=S. The monoisotopic (exact) mass is 299 g/mol. The van der Waals surface area contributed by atoms with Crippen molar-refractivity contribution in [1.29, 1.82) is 0 Å². The number of nitrogens with one attached hydrogen (secondary N) is 1. The molecule has 2 aromatic heterocycles. The Morgan fingerprint density at radius 1 is 1.24 bits per heavy atom. The van der Waals surface area contributed by atoms with Crippen molar-refractivity contribution < 1.29 is 4.52 Å². The molecular formula is C16H17N3OS. The molecule has 0 bridgehead atoms. The first kappa shape index (κ1) is 13.8. The normalized spacial score (nSPS) is 12.5. The third-order valence-corrected chi connectivity index (χ3v) is 4.09. The molecule has 3 rings (SSSR count). The van der Waals surface area contributed by atoms with Crippen LogP contribution in [-0.4, -0.2) is 14.7 Å². The highest BCUT2D eigenvalue weighted by molar-refractivity contribution is 7.71. The van der Waals surface area contributed by atoms with Gasteiger partial charge in [0, 0.05) is 11.8 Å². The van der Waals surface area contributed by atoms with Crippen LogP contribution in [0.5, 0.6) is 0 Å². The van der Waals surface area contributed by atoms with Crippen LogP contribution in [-0.2, 0) is 0 Å². The fourth-order valence-electron chi connectivity index (χ4n) is 2.81. The van der Waals surface area contributed by atoms with Crippen molar-refractivity contribution in [3.63, 3.8) is 0 Å². The Bertz CT molecular complexity index is 794. The highest BCUT2D eigenvalue weighted by Gasteiger charge is 2.21. The van der Waals surface area contributed by atoms with Gasteiger partial charge in [0.25, 0.3) is 0 Å². The second-order valence-corrected chi connectivity index (χ2v) is 5.52. The molecule has 0 saturated heterocycles. The summed E-state index contributed by atoms with van der Waals surface area (Å²) in [4.78, 5) is 3.14. The van der Waals surface area contributed by atoms with Crippen molar-refractivity contribution in [3.05, 3.63) is 58.3 Å². The third kappa shape index (κ3) is 2.34. The summed E-state index contributed by atoms with van der Waals surface area (Å²) in [5.41, 5.74) is 4.18. The molecule has 1 unspecified atom stereocenters. The molecular weight excluding hydrogens is 282 g/mol. The second kappa shape index (κ2) is 5.33. The molecule has 1 N–H and O–H groups in total. The Labute approximate surface area is 128 Å². The number of hydrogen-bond donors (Lipinski definition) is 1. The fourth-order valence-corrected chi connectivity index (χ4v) is 3.13. The van der Waals surface area contributed by atoms with Crippen LogP contribution in [0.15, 0.2) is 41.1 Å². The van der Waals surface area contributed by atoms with Crippen LogP contribution >= 0.6 is 12.2 Å². The van der Waals surface area contributed by atoms with E-state index in [0.717, 1.165) is 28.3 Å². The molecule has 0 aliphatic rings. The molecule has 0 fully saturated rings. The lowest BCUT2D eigenvalue weighted by atomic mass is 10.1. The van der Waals surface area contributed by atoms with Crippen molar-refractivity contribution in [2.24, 2.45) is 0 Å². The Hall–Kier alpha value is -2.14. The number of H-pyrrole nitrogens is 1. The number of aromatic amines is 1.